The molecule has 2 rings (SSSR count). The first-order valence-electron chi connectivity index (χ1n) is 6.99. The first-order valence-corrected chi connectivity index (χ1v) is 6.99. The zero-order chi connectivity index (χ0) is 13.4. The largest absolute Gasteiger partial charge is 0.385 e. The molecular formula is C16H25NO. The van der Waals surface area contributed by atoms with Crippen molar-refractivity contribution >= 4 is 0 Å². The van der Waals surface area contributed by atoms with Crippen LogP contribution >= 0.6 is 0 Å². The highest BCUT2D eigenvalue weighted by Gasteiger charge is 2.46. The van der Waals surface area contributed by atoms with Crippen molar-refractivity contribution in [2.24, 2.45) is 11.3 Å². The van der Waals surface area contributed by atoms with E-state index in [-0.39, 0.29) is 5.41 Å². The molecule has 0 aromatic carbocycles. The van der Waals surface area contributed by atoms with Crippen LogP contribution in [0.4, 0.5) is 0 Å². The lowest BCUT2D eigenvalue weighted by atomic mass is 9.61. The van der Waals surface area contributed by atoms with Crippen molar-refractivity contribution in [3.8, 4) is 0 Å². The van der Waals surface area contributed by atoms with E-state index in [9.17, 15) is 5.11 Å². The van der Waals surface area contributed by atoms with Crippen LogP contribution < -0.4 is 0 Å². The van der Waals surface area contributed by atoms with Gasteiger partial charge in [-0.3, -0.25) is 4.98 Å². The summed E-state index contributed by atoms with van der Waals surface area (Å²) in [6.45, 7) is 8.78. The van der Waals surface area contributed by atoms with Gasteiger partial charge in [0, 0.05) is 18.0 Å². The topological polar surface area (TPSA) is 33.1 Å². The minimum atomic E-state index is -0.700. The third-order valence-corrected chi connectivity index (χ3v) is 4.43. The van der Waals surface area contributed by atoms with Gasteiger partial charge in [0.1, 0.15) is 0 Å². The van der Waals surface area contributed by atoms with Gasteiger partial charge in [-0.15, -0.1) is 0 Å². The van der Waals surface area contributed by atoms with Crippen LogP contribution in [0.15, 0.2) is 18.5 Å². The molecule has 2 atom stereocenters. The van der Waals surface area contributed by atoms with E-state index in [1.165, 1.54) is 6.42 Å². The zero-order valence-electron chi connectivity index (χ0n) is 12.0. The number of hydrogen-bond donors (Lipinski definition) is 1. The molecule has 1 heterocycles. The van der Waals surface area contributed by atoms with Crippen molar-refractivity contribution in [2.45, 2.75) is 59.0 Å². The molecule has 1 aromatic heterocycles. The van der Waals surface area contributed by atoms with Crippen molar-refractivity contribution in [3.05, 3.63) is 29.6 Å². The first-order chi connectivity index (χ1) is 8.36. The molecule has 1 fully saturated rings. The van der Waals surface area contributed by atoms with Gasteiger partial charge in [-0.2, -0.15) is 0 Å². The van der Waals surface area contributed by atoms with Gasteiger partial charge in [0.2, 0.25) is 0 Å². The predicted octanol–water partition coefficient (Wildman–Crippen LogP) is 3.81. The van der Waals surface area contributed by atoms with Crippen LogP contribution in [0.3, 0.4) is 0 Å². The highest BCUT2D eigenvalue weighted by molar-refractivity contribution is 5.29. The van der Waals surface area contributed by atoms with Crippen molar-refractivity contribution in [1.82, 2.24) is 4.98 Å². The average Bonchev–Trinajstić information content (AvgIpc) is 2.28. The maximum absolute atomic E-state index is 11.3. The molecule has 0 saturated heterocycles. The molecule has 0 bridgehead atoms. The van der Waals surface area contributed by atoms with Gasteiger partial charge in [0.25, 0.3) is 0 Å². The number of hydrogen-bond acceptors (Lipinski definition) is 2. The molecular weight excluding hydrogens is 222 g/mol. The summed E-state index contributed by atoms with van der Waals surface area (Å²) < 4.78 is 0. The Balaban J connectivity index is 2.46. The second-order valence-corrected chi connectivity index (χ2v) is 6.78. The molecule has 2 heteroatoms. The summed E-state index contributed by atoms with van der Waals surface area (Å²) in [5.74, 6) is 0.307. The van der Waals surface area contributed by atoms with Crippen LogP contribution in [-0.4, -0.2) is 10.1 Å². The summed E-state index contributed by atoms with van der Waals surface area (Å²) in [5, 5.41) is 11.3. The second-order valence-electron chi connectivity index (χ2n) is 6.78. The molecule has 0 aliphatic heterocycles. The molecule has 1 N–H and O–H groups in total. The minimum absolute atomic E-state index is 0.122. The standard InChI is InChI=1S/C16H25NO/c1-12-8-10-17-11-13(12)16(18)9-6-5-7-14(16)15(2,3)4/h8,10-11,14,18H,5-7,9H2,1-4H3. The van der Waals surface area contributed by atoms with Crippen molar-refractivity contribution in [1.29, 1.82) is 0 Å². The summed E-state index contributed by atoms with van der Waals surface area (Å²) in [7, 11) is 0. The Morgan fingerprint density at radius 3 is 2.67 bits per heavy atom. The van der Waals surface area contributed by atoms with E-state index in [1.54, 1.807) is 6.20 Å². The van der Waals surface area contributed by atoms with Gasteiger partial charge in [-0.1, -0.05) is 33.6 Å². The molecule has 2 nitrogen and oxygen atoms in total. The van der Waals surface area contributed by atoms with Gasteiger partial charge in [0.15, 0.2) is 0 Å². The van der Waals surface area contributed by atoms with Crippen LogP contribution in [0, 0.1) is 18.3 Å². The van der Waals surface area contributed by atoms with Crippen LogP contribution in [0.25, 0.3) is 0 Å². The number of aryl methyl sites for hydroxylation is 1. The maximum atomic E-state index is 11.3. The number of pyridine rings is 1. The second kappa shape index (κ2) is 4.65. The van der Waals surface area contributed by atoms with Crippen LogP contribution in [0.2, 0.25) is 0 Å². The average molecular weight is 247 g/mol. The van der Waals surface area contributed by atoms with E-state index >= 15 is 0 Å². The third-order valence-electron chi connectivity index (χ3n) is 4.43. The highest BCUT2D eigenvalue weighted by atomic mass is 16.3. The molecule has 0 amide bonds. The van der Waals surface area contributed by atoms with Crippen molar-refractivity contribution in [2.75, 3.05) is 0 Å². The molecule has 0 radical (unpaired) electrons. The molecule has 1 aromatic rings. The highest BCUT2D eigenvalue weighted by Crippen LogP contribution is 2.50. The fourth-order valence-electron chi connectivity index (χ4n) is 3.54. The fraction of sp³-hybridized carbons (Fsp3) is 0.688. The molecule has 0 spiro atoms. The number of nitrogens with zero attached hydrogens (tertiary/aromatic N) is 1. The monoisotopic (exact) mass is 247 g/mol. The Hall–Kier alpha value is -0.890. The Kier molecular flexibility index (Phi) is 3.50. The van der Waals surface area contributed by atoms with E-state index in [0.29, 0.717) is 5.92 Å². The smallest absolute Gasteiger partial charge is 0.0946 e. The van der Waals surface area contributed by atoms with E-state index in [1.807, 2.05) is 12.3 Å². The van der Waals surface area contributed by atoms with Gasteiger partial charge in [-0.05, 0) is 42.7 Å². The number of aliphatic hydroxyl groups is 1. The predicted molar refractivity (Wildman–Crippen MR) is 74.3 cm³/mol. The summed E-state index contributed by atoms with van der Waals surface area (Å²) in [5.41, 5.74) is 1.61. The summed E-state index contributed by atoms with van der Waals surface area (Å²) in [6.07, 6.45) is 7.97. The van der Waals surface area contributed by atoms with Crippen LogP contribution in [0.1, 0.15) is 57.6 Å². The molecule has 1 aliphatic rings. The Labute approximate surface area is 110 Å². The van der Waals surface area contributed by atoms with E-state index in [2.05, 4.69) is 32.7 Å². The lowest BCUT2D eigenvalue weighted by Gasteiger charge is -2.47. The SMILES string of the molecule is Cc1ccncc1C1(O)CCCCC1C(C)(C)C. The van der Waals surface area contributed by atoms with Gasteiger partial charge in [0.05, 0.1) is 5.60 Å². The summed E-state index contributed by atoms with van der Waals surface area (Å²) in [6, 6.07) is 2.00. The van der Waals surface area contributed by atoms with Gasteiger partial charge >= 0.3 is 0 Å². The number of rotatable bonds is 1. The van der Waals surface area contributed by atoms with Crippen molar-refractivity contribution < 1.29 is 5.11 Å². The minimum Gasteiger partial charge on any atom is -0.385 e. The quantitative estimate of drug-likeness (QED) is 0.818. The fourth-order valence-corrected chi connectivity index (χ4v) is 3.54. The Bertz CT molecular complexity index is 421. The van der Waals surface area contributed by atoms with Gasteiger partial charge in [-0.25, -0.2) is 0 Å². The van der Waals surface area contributed by atoms with E-state index < -0.39 is 5.60 Å². The van der Waals surface area contributed by atoms with E-state index in [4.69, 9.17) is 0 Å². The normalized spacial score (nSPS) is 29.3. The Morgan fingerprint density at radius 2 is 2.06 bits per heavy atom. The van der Waals surface area contributed by atoms with Gasteiger partial charge < -0.3 is 5.11 Å². The van der Waals surface area contributed by atoms with Crippen LogP contribution in [-0.2, 0) is 5.60 Å². The van der Waals surface area contributed by atoms with Crippen LogP contribution in [0.5, 0.6) is 0 Å². The molecule has 18 heavy (non-hydrogen) atoms. The Morgan fingerprint density at radius 1 is 1.33 bits per heavy atom. The molecule has 100 valence electrons. The summed E-state index contributed by atoms with van der Waals surface area (Å²) in [4.78, 5) is 4.22. The molecule has 1 aliphatic carbocycles. The number of aromatic nitrogens is 1. The van der Waals surface area contributed by atoms with E-state index in [0.717, 1.165) is 30.4 Å². The van der Waals surface area contributed by atoms with Crippen molar-refractivity contribution in [3.63, 3.8) is 0 Å². The summed E-state index contributed by atoms with van der Waals surface area (Å²) >= 11 is 0. The molecule has 1 saturated carbocycles. The maximum Gasteiger partial charge on any atom is 0.0946 e. The first kappa shape index (κ1) is 13.5. The third kappa shape index (κ3) is 2.31. The lowest BCUT2D eigenvalue weighted by molar-refractivity contribution is -0.0965. The lowest BCUT2D eigenvalue weighted by Crippen LogP contribution is -2.45. The zero-order valence-corrected chi connectivity index (χ0v) is 12.0. The molecule has 2 unspecified atom stereocenters.